The number of carbonyl (C=O) groups is 2. The van der Waals surface area contributed by atoms with E-state index in [1.807, 2.05) is 30.3 Å². The number of urea groups is 1. The van der Waals surface area contributed by atoms with Crippen molar-refractivity contribution in [1.29, 1.82) is 0 Å². The largest absolute Gasteiger partial charge is 0.348 e. The van der Waals surface area contributed by atoms with Crippen molar-refractivity contribution < 1.29 is 9.59 Å². The van der Waals surface area contributed by atoms with Crippen molar-refractivity contribution in [2.75, 3.05) is 18.4 Å². The van der Waals surface area contributed by atoms with Gasteiger partial charge in [0.1, 0.15) is 10.7 Å². The summed E-state index contributed by atoms with van der Waals surface area (Å²) in [5.41, 5.74) is 6.71. The standard InChI is InChI=1S/C17H21N5O2S/c18-10-15-21-14(11-25-15)16(23)19-13-6-8-22(9-7-13)17(24)20-12-4-2-1-3-5-12/h1-5,11,13H,6-10,18H2,(H,19,23)(H,20,24). The molecule has 7 nitrogen and oxygen atoms in total. The number of nitrogens with two attached hydrogens (primary N) is 1. The summed E-state index contributed by atoms with van der Waals surface area (Å²) < 4.78 is 0. The lowest BCUT2D eigenvalue weighted by Gasteiger charge is -2.32. The number of carbonyl (C=O) groups excluding carboxylic acids is 2. The molecule has 1 aliphatic rings. The first kappa shape index (κ1) is 17.4. The molecule has 1 aromatic heterocycles. The quantitative estimate of drug-likeness (QED) is 0.777. The van der Waals surface area contributed by atoms with Crippen LogP contribution in [-0.2, 0) is 6.54 Å². The lowest BCUT2D eigenvalue weighted by molar-refractivity contribution is 0.0914. The molecule has 8 heteroatoms. The summed E-state index contributed by atoms with van der Waals surface area (Å²) in [5, 5.41) is 8.34. The fourth-order valence-corrected chi connectivity index (χ4v) is 3.37. The molecule has 0 radical (unpaired) electrons. The average Bonchev–Trinajstić information content (AvgIpc) is 3.12. The number of hydrogen-bond donors (Lipinski definition) is 3. The fourth-order valence-electron chi connectivity index (χ4n) is 2.72. The summed E-state index contributed by atoms with van der Waals surface area (Å²) >= 11 is 1.39. The number of para-hydroxylation sites is 1. The predicted octanol–water partition coefficient (Wildman–Crippen LogP) is 2.03. The Labute approximate surface area is 150 Å². The summed E-state index contributed by atoms with van der Waals surface area (Å²) in [6.07, 6.45) is 1.45. The van der Waals surface area contributed by atoms with E-state index in [1.165, 1.54) is 11.3 Å². The molecule has 1 aromatic carbocycles. The highest BCUT2D eigenvalue weighted by atomic mass is 32.1. The summed E-state index contributed by atoms with van der Waals surface area (Å²) in [6, 6.07) is 9.32. The van der Waals surface area contributed by atoms with Crippen LogP contribution in [0.15, 0.2) is 35.7 Å². The number of rotatable bonds is 4. The number of likely N-dealkylation sites (tertiary alicyclic amines) is 1. The zero-order valence-corrected chi connectivity index (χ0v) is 14.6. The van der Waals surface area contributed by atoms with E-state index in [0.29, 0.717) is 25.3 Å². The number of hydrogen-bond acceptors (Lipinski definition) is 5. The van der Waals surface area contributed by atoms with Crippen molar-refractivity contribution in [2.45, 2.75) is 25.4 Å². The smallest absolute Gasteiger partial charge is 0.321 e. The molecule has 0 bridgehead atoms. The number of anilines is 1. The number of nitrogens with zero attached hydrogens (tertiary/aromatic N) is 2. The Morgan fingerprint density at radius 3 is 2.60 bits per heavy atom. The van der Waals surface area contributed by atoms with Crippen molar-refractivity contribution in [2.24, 2.45) is 5.73 Å². The minimum Gasteiger partial charge on any atom is -0.348 e. The molecule has 0 saturated carbocycles. The maximum absolute atomic E-state index is 12.3. The predicted molar refractivity (Wildman–Crippen MR) is 97.5 cm³/mol. The van der Waals surface area contributed by atoms with Crippen molar-refractivity contribution >= 4 is 29.0 Å². The van der Waals surface area contributed by atoms with Crippen LogP contribution in [0.3, 0.4) is 0 Å². The zero-order valence-electron chi connectivity index (χ0n) is 13.8. The van der Waals surface area contributed by atoms with Crippen molar-refractivity contribution in [3.05, 3.63) is 46.4 Å². The minimum atomic E-state index is -0.178. The van der Waals surface area contributed by atoms with Crippen LogP contribution in [0.2, 0.25) is 0 Å². The van der Waals surface area contributed by atoms with E-state index in [4.69, 9.17) is 5.73 Å². The maximum Gasteiger partial charge on any atom is 0.321 e. The molecule has 132 valence electrons. The molecule has 1 saturated heterocycles. The average molecular weight is 359 g/mol. The number of benzene rings is 1. The molecule has 2 heterocycles. The molecule has 0 atom stereocenters. The Morgan fingerprint density at radius 2 is 1.96 bits per heavy atom. The fraction of sp³-hybridized carbons (Fsp3) is 0.353. The minimum absolute atomic E-state index is 0.0521. The Morgan fingerprint density at radius 1 is 1.24 bits per heavy atom. The second-order valence-corrected chi connectivity index (χ2v) is 6.80. The first-order valence-corrected chi connectivity index (χ1v) is 9.10. The van der Waals surface area contributed by atoms with Gasteiger partial charge in [0.2, 0.25) is 0 Å². The highest BCUT2D eigenvalue weighted by Gasteiger charge is 2.24. The summed E-state index contributed by atoms with van der Waals surface area (Å²) in [5.74, 6) is -0.178. The Balaban J connectivity index is 1.46. The van der Waals surface area contributed by atoms with Gasteiger partial charge in [0.15, 0.2) is 0 Å². The normalized spacial score (nSPS) is 15.0. The molecule has 0 unspecified atom stereocenters. The number of nitrogens with one attached hydrogen (secondary N) is 2. The van der Waals surface area contributed by atoms with E-state index < -0.39 is 0 Å². The van der Waals surface area contributed by atoms with E-state index >= 15 is 0 Å². The third-order valence-corrected chi connectivity index (χ3v) is 4.97. The lowest BCUT2D eigenvalue weighted by Crippen LogP contribution is -2.47. The number of thiazole rings is 1. The number of aromatic nitrogens is 1. The molecule has 0 spiro atoms. The van der Waals surface area contributed by atoms with Crippen LogP contribution >= 0.6 is 11.3 Å². The maximum atomic E-state index is 12.3. The van der Waals surface area contributed by atoms with Gasteiger partial charge >= 0.3 is 6.03 Å². The van der Waals surface area contributed by atoms with Crippen molar-refractivity contribution in [1.82, 2.24) is 15.2 Å². The third-order valence-electron chi connectivity index (χ3n) is 4.10. The number of amides is 3. The second kappa shape index (κ2) is 8.09. The van der Waals surface area contributed by atoms with E-state index in [2.05, 4.69) is 15.6 Å². The van der Waals surface area contributed by atoms with Crippen LogP contribution in [0.4, 0.5) is 10.5 Å². The van der Waals surface area contributed by atoms with Crippen LogP contribution in [0, 0.1) is 0 Å². The first-order valence-electron chi connectivity index (χ1n) is 8.22. The topological polar surface area (TPSA) is 100 Å². The molecule has 3 rings (SSSR count). The molecule has 1 aliphatic heterocycles. The van der Waals surface area contributed by atoms with Gasteiger partial charge in [-0.2, -0.15) is 0 Å². The van der Waals surface area contributed by atoms with Crippen LogP contribution in [-0.4, -0.2) is 41.0 Å². The van der Waals surface area contributed by atoms with Crippen LogP contribution in [0.5, 0.6) is 0 Å². The van der Waals surface area contributed by atoms with Gasteiger partial charge in [-0.3, -0.25) is 4.79 Å². The van der Waals surface area contributed by atoms with Crippen molar-refractivity contribution in [3.8, 4) is 0 Å². The van der Waals surface area contributed by atoms with Gasteiger partial charge in [0.25, 0.3) is 5.91 Å². The van der Waals surface area contributed by atoms with Gasteiger partial charge in [0, 0.05) is 36.7 Å². The van der Waals surface area contributed by atoms with Gasteiger partial charge in [-0.15, -0.1) is 11.3 Å². The van der Waals surface area contributed by atoms with Crippen LogP contribution in [0.25, 0.3) is 0 Å². The first-order chi connectivity index (χ1) is 12.2. The summed E-state index contributed by atoms with van der Waals surface area (Å²) in [4.78, 5) is 30.4. The Bertz CT molecular complexity index is 726. The van der Waals surface area contributed by atoms with E-state index in [9.17, 15) is 9.59 Å². The second-order valence-electron chi connectivity index (χ2n) is 5.86. The molecule has 25 heavy (non-hydrogen) atoms. The highest BCUT2D eigenvalue weighted by molar-refractivity contribution is 7.09. The molecule has 1 fully saturated rings. The van der Waals surface area contributed by atoms with E-state index in [-0.39, 0.29) is 18.0 Å². The van der Waals surface area contributed by atoms with Gasteiger partial charge in [-0.1, -0.05) is 18.2 Å². The van der Waals surface area contributed by atoms with Gasteiger partial charge < -0.3 is 21.3 Å². The molecule has 3 amide bonds. The summed E-state index contributed by atoms with van der Waals surface area (Å²) in [7, 11) is 0. The Kier molecular flexibility index (Phi) is 5.62. The van der Waals surface area contributed by atoms with Gasteiger partial charge in [0.05, 0.1) is 0 Å². The van der Waals surface area contributed by atoms with Crippen LogP contribution < -0.4 is 16.4 Å². The van der Waals surface area contributed by atoms with E-state index in [0.717, 1.165) is 23.5 Å². The van der Waals surface area contributed by atoms with E-state index in [1.54, 1.807) is 10.3 Å². The SMILES string of the molecule is NCc1nc(C(=O)NC2CCN(C(=O)Nc3ccccc3)CC2)cs1. The zero-order chi connectivity index (χ0) is 17.6. The van der Waals surface area contributed by atoms with Gasteiger partial charge in [-0.25, -0.2) is 9.78 Å². The molecule has 2 aromatic rings. The summed E-state index contributed by atoms with van der Waals surface area (Å²) in [6.45, 7) is 1.55. The van der Waals surface area contributed by atoms with Gasteiger partial charge in [-0.05, 0) is 25.0 Å². The highest BCUT2D eigenvalue weighted by Crippen LogP contribution is 2.15. The Hall–Kier alpha value is -2.45. The third kappa shape index (κ3) is 4.55. The molecule has 0 aliphatic carbocycles. The lowest BCUT2D eigenvalue weighted by atomic mass is 10.1. The monoisotopic (exact) mass is 359 g/mol. The van der Waals surface area contributed by atoms with Crippen molar-refractivity contribution in [3.63, 3.8) is 0 Å². The number of piperidine rings is 1. The molecule has 4 N–H and O–H groups in total. The van der Waals surface area contributed by atoms with Crippen LogP contribution in [0.1, 0.15) is 28.3 Å². The molecular weight excluding hydrogens is 338 g/mol. The molecular formula is C17H21N5O2S.